The Morgan fingerprint density at radius 1 is 1.39 bits per heavy atom. The summed E-state index contributed by atoms with van der Waals surface area (Å²) >= 11 is 0. The molecule has 98 valence electrons. The zero-order valence-corrected chi connectivity index (χ0v) is 10.5. The molecular formula is C12H20N6. The van der Waals surface area contributed by atoms with E-state index in [-0.39, 0.29) is 0 Å². The molecule has 1 saturated carbocycles. The van der Waals surface area contributed by atoms with E-state index in [1.54, 1.807) is 6.20 Å². The molecule has 0 saturated heterocycles. The third-order valence-corrected chi connectivity index (χ3v) is 3.11. The predicted octanol–water partition coefficient (Wildman–Crippen LogP) is 0.718. The van der Waals surface area contributed by atoms with Crippen LogP contribution in [0.4, 0.5) is 0 Å². The van der Waals surface area contributed by atoms with Crippen molar-refractivity contribution in [3.05, 3.63) is 24.0 Å². The van der Waals surface area contributed by atoms with Crippen molar-refractivity contribution in [3.63, 3.8) is 0 Å². The zero-order valence-electron chi connectivity index (χ0n) is 10.5. The van der Waals surface area contributed by atoms with Gasteiger partial charge in [0, 0.05) is 12.2 Å². The van der Waals surface area contributed by atoms with Crippen LogP contribution in [0.3, 0.4) is 0 Å². The zero-order chi connectivity index (χ0) is 12.6. The molecule has 0 aliphatic heterocycles. The Bertz CT molecular complexity index is 371. The summed E-state index contributed by atoms with van der Waals surface area (Å²) in [7, 11) is 0. The smallest absolute Gasteiger partial charge is 0.206 e. The predicted molar refractivity (Wildman–Crippen MR) is 70.5 cm³/mol. The van der Waals surface area contributed by atoms with Crippen molar-refractivity contribution < 1.29 is 0 Å². The number of aliphatic imine (C=N–C) groups is 1. The average Bonchev–Trinajstić information content (AvgIpc) is 2.45. The first-order valence-electron chi connectivity index (χ1n) is 6.42. The molecule has 0 amide bonds. The van der Waals surface area contributed by atoms with Crippen molar-refractivity contribution in [2.45, 2.75) is 44.7 Å². The second kappa shape index (κ2) is 6.90. The second-order valence-electron chi connectivity index (χ2n) is 4.50. The molecule has 0 bridgehead atoms. The summed E-state index contributed by atoms with van der Waals surface area (Å²) in [6.07, 6.45) is 7.91. The van der Waals surface area contributed by atoms with E-state index in [2.05, 4.69) is 25.9 Å². The Balaban J connectivity index is 1.87. The Labute approximate surface area is 107 Å². The van der Waals surface area contributed by atoms with E-state index in [9.17, 15) is 0 Å². The van der Waals surface area contributed by atoms with E-state index in [1.807, 2.05) is 12.1 Å². The maximum Gasteiger partial charge on any atom is 0.206 e. The van der Waals surface area contributed by atoms with Gasteiger partial charge in [0.2, 0.25) is 5.96 Å². The van der Waals surface area contributed by atoms with Gasteiger partial charge in [0.25, 0.3) is 0 Å². The number of hydrogen-bond donors (Lipinski definition) is 3. The highest BCUT2D eigenvalue weighted by atomic mass is 15.3. The van der Waals surface area contributed by atoms with Crippen LogP contribution in [-0.4, -0.2) is 22.2 Å². The molecular weight excluding hydrogens is 228 g/mol. The topological polar surface area (TPSA) is 88.2 Å². The maximum atomic E-state index is 5.47. The summed E-state index contributed by atoms with van der Waals surface area (Å²) in [4.78, 5) is 4.37. The van der Waals surface area contributed by atoms with Gasteiger partial charge in [-0.2, -0.15) is 10.2 Å². The van der Waals surface area contributed by atoms with Gasteiger partial charge in [0.05, 0.1) is 12.2 Å². The first kappa shape index (κ1) is 12.8. The Hall–Kier alpha value is -1.69. The fourth-order valence-corrected chi connectivity index (χ4v) is 2.15. The van der Waals surface area contributed by atoms with Crippen molar-refractivity contribution >= 4 is 5.96 Å². The summed E-state index contributed by atoms with van der Waals surface area (Å²) in [6, 6.07) is 4.23. The molecule has 0 aromatic carbocycles. The van der Waals surface area contributed by atoms with Crippen LogP contribution in [-0.2, 0) is 6.54 Å². The highest BCUT2D eigenvalue weighted by Crippen LogP contribution is 2.17. The molecule has 0 radical (unpaired) electrons. The average molecular weight is 248 g/mol. The van der Waals surface area contributed by atoms with Crippen LogP contribution < -0.4 is 16.6 Å². The first-order chi connectivity index (χ1) is 8.88. The number of guanidine groups is 1. The number of hydrazine groups is 1. The van der Waals surface area contributed by atoms with Gasteiger partial charge < -0.3 is 5.32 Å². The number of nitrogens with one attached hydrogen (secondary N) is 2. The lowest BCUT2D eigenvalue weighted by atomic mass is 9.96. The molecule has 2 rings (SSSR count). The Morgan fingerprint density at radius 3 is 2.89 bits per heavy atom. The summed E-state index contributed by atoms with van der Waals surface area (Å²) in [6.45, 7) is 0.479. The Kier molecular flexibility index (Phi) is 4.89. The van der Waals surface area contributed by atoms with Crippen LogP contribution in [0.1, 0.15) is 37.8 Å². The van der Waals surface area contributed by atoms with Crippen molar-refractivity contribution in [3.8, 4) is 0 Å². The summed E-state index contributed by atoms with van der Waals surface area (Å²) in [5, 5.41) is 11.1. The molecule has 6 heteroatoms. The largest absolute Gasteiger partial charge is 0.353 e. The molecule has 1 aliphatic carbocycles. The number of nitrogens with two attached hydrogens (primary N) is 1. The van der Waals surface area contributed by atoms with Crippen LogP contribution >= 0.6 is 0 Å². The molecule has 0 unspecified atom stereocenters. The van der Waals surface area contributed by atoms with E-state index in [0.29, 0.717) is 18.5 Å². The minimum atomic E-state index is 0.479. The number of hydrogen-bond acceptors (Lipinski definition) is 4. The molecule has 1 aromatic rings. The molecule has 6 nitrogen and oxygen atoms in total. The van der Waals surface area contributed by atoms with Crippen LogP contribution in [0.2, 0.25) is 0 Å². The lowest BCUT2D eigenvalue weighted by molar-refractivity contribution is 0.410. The normalized spacial score (nSPS) is 17.5. The monoisotopic (exact) mass is 248 g/mol. The van der Waals surface area contributed by atoms with E-state index < -0.39 is 0 Å². The summed E-state index contributed by atoms with van der Waals surface area (Å²) < 4.78 is 0. The number of rotatable bonds is 3. The van der Waals surface area contributed by atoms with Gasteiger partial charge >= 0.3 is 0 Å². The minimum Gasteiger partial charge on any atom is -0.353 e. The van der Waals surface area contributed by atoms with E-state index in [0.717, 1.165) is 5.69 Å². The van der Waals surface area contributed by atoms with Crippen LogP contribution in [0.15, 0.2) is 23.3 Å². The van der Waals surface area contributed by atoms with Crippen LogP contribution in [0.5, 0.6) is 0 Å². The molecule has 1 aliphatic rings. The molecule has 4 N–H and O–H groups in total. The van der Waals surface area contributed by atoms with Gasteiger partial charge in [-0.1, -0.05) is 19.3 Å². The van der Waals surface area contributed by atoms with Crippen LogP contribution in [0, 0.1) is 0 Å². The highest BCUT2D eigenvalue weighted by Gasteiger charge is 2.14. The standard InChI is InChI=1S/C12H20N6/c13-17-12(16-10-5-2-1-3-6-10)14-9-11-7-4-8-15-18-11/h4,7-8,10H,1-3,5-6,9,13H2,(H2,14,16,17). The van der Waals surface area contributed by atoms with Crippen LogP contribution in [0.25, 0.3) is 0 Å². The number of aromatic nitrogens is 2. The molecule has 1 aromatic heterocycles. The van der Waals surface area contributed by atoms with Crippen molar-refractivity contribution in [2.24, 2.45) is 10.8 Å². The third-order valence-electron chi connectivity index (χ3n) is 3.11. The van der Waals surface area contributed by atoms with Crippen molar-refractivity contribution in [2.75, 3.05) is 0 Å². The third kappa shape index (κ3) is 3.96. The van der Waals surface area contributed by atoms with Gasteiger partial charge in [-0.25, -0.2) is 10.8 Å². The molecule has 1 fully saturated rings. The SMILES string of the molecule is NNC(=NCc1cccnn1)NC1CCCCC1. The summed E-state index contributed by atoms with van der Waals surface area (Å²) in [5.74, 6) is 6.11. The van der Waals surface area contributed by atoms with Gasteiger partial charge in [-0.15, -0.1) is 0 Å². The lowest BCUT2D eigenvalue weighted by Crippen LogP contribution is -2.47. The lowest BCUT2D eigenvalue weighted by Gasteiger charge is -2.24. The van der Waals surface area contributed by atoms with E-state index in [1.165, 1.54) is 32.1 Å². The fraction of sp³-hybridized carbons (Fsp3) is 0.583. The molecule has 0 atom stereocenters. The van der Waals surface area contributed by atoms with Gasteiger partial charge in [-0.3, -0.25) is 5.43 Å². The van der Waals surface area contributed by atoms with Crippen molar-refractivity contribution in [1.29, 1.82) is 0 Å². The van der Waals surface area contributed by atoms with E-state index in [4.69, 9.17) is 5.84 Å². The second-order valence-corrected chi connectivity index (χ2v) is 4.50. The number of nitrogens with zero attached hydrogens (tertiary/aromatic N) is 3. The fourth-order valence-electron chi connectivity index (χ4n) is 2.15. The quantitative estimate of drug-likeness (QED) is 0.317. The molecule has 0 spiro atoms. The van der Waals surface area contributed by atoms with E-state index >= 15 is 0 Å². The minimum absolute atomic E-state index is 0.479. The van der Waals surface area contributed by atoms with Gasteiger partial charge in [0.1, 0.15) is 0 Å². The first-order valence-corrected chi connectivity index (χ1v) is 6.42. The van der Waals surface area contributed by atoms with Gasteiger partial charge in [-0.05, 0) is 25.0 Å². The molecule has 18 heavy (non-hydrogen) atoms. The summed E-state index contributed by atoms with van der Waals surface area (Å²) in [5.41, 5.74) is 3.44. The molecule has 1 heterocycles. The van der Waals surface area contributed by atoms with Crippen molar-refractivity contribution in [1.82, 2.24) is 20.9 Å². The maximum absolute atomic E-state index is 5.47. The Morgan fingerprint density at radius 2 is 2.22 bits per heavy atom. The highest BCUT2D eigenvalue weighted by molar-refractivity contribution is 5.79. The van der Waals surface area contributed by atoms with Gasteiger partial charge in [0.15, 0.2) is 0 Å².